The first-order valence-corrected chi connectivity index (χ1v) is 9.86. The normalized spacial score (nSPS) is 14.4. The van der Waals surface area contributed by atoms with E-state index < -0.39 is 0 Å². The molecule has 0 saturated carbocycles. The molecular weight excluding hydrogens is 364 g/mol. The smallest absolute Gasteiger partial charge is 0.251 e. The minimum Gasteiger partial charge on any atom is -0.351 e. The fourth-order valence-corrected chi connectivity index (χ4v) is 3.55. The summed E-state index contributed by atoms with van der Waals surface area (Å²) in [6.45, 7) is 3.77. The summed E-state index contributed by atoms with van der Waals surface area (Å²) >= 11 is 0. The van der Waals surface area contributed by atoms with Crippen molar-refractivity contribution in [2.75, 3.05) is 11.4 Å². The van der Waals surface area contributed by atoms with Crippen molar-refractivity contribution in [3.8, 4) is 0 Å². The summed E-state index contributed by atoms with van der Waals surface area (Å²) < 4.78 is 1.84. The second-order valence-corrected chi connectivity index (χ2v) is 7.36. The summed E-state index contributed by atoms with van der Waals surface area (Å²) in [5.74, 6) is 1.06. The molecule has 0 saturated heterocycles. The van der Waals surface area contributed by atoms with E-state index in [1.807, 2.05) is 53.2 Å². The van der Waals surface area contributed by atoms with E-state index in [0.29, 0.717) is 31.6 Å². The Hall–Kier alpha value is -3.41. The lowest BCUT2D eigenvalue weighted by molar-refractivity contribution is -0.119. The standard InChI is InChI=1S/C23H24N4O2/c1-17(19-5-3-2-4-6-19)15-24-23(29)20-9-7-18(8-10-20)16-26-21-11-13-25-27(21)14-12-22(26)28/h2-11,13,17H,12,14-16H2,1H3,(H,24,29)/t17-/m0/s1. The van der Waals surface area contributed by atoms with Gasteiger partial charge in [-0.05, 0) is 29.2 Å². The van der Waals surface area contributed by atoms with Crippen LogP contribution in [0.25, 0.3) is 0 Å². The Bertz CT molecular complexity index is 995. The zero-order chi connectivity index (χ0) is 20.2. The Labute approximate surface area is 170 Å². The van der Waals surface area contributed by atoms with Crippen molar-refractivity contribution in [2.24, 2.45) is 0 Å². The van der Waals surface area contributed by atoms with Gasteiger partial charge in [-0.2, -0.15) is 5.10 Å². The van der Waals surface area contributed by atoms with Gasteiger partial charge < -0.3 is 5.32 Å². The van der Waals surface area contributed by atoms with E-state index in [2.05, 4.69) is 29.5 Å². The van der Waals surface area contributed by atoms with Crippen molar-refractivity contribution < 1.29 is 9.59 Å². The molecule has 0 fully saturated rings. The predicted octanol–water partition coefficient (Wildman–Crippen LogP) is 3.35. The van der Waals surface area contributed by atoms with Gasteiger partial charge in [0.15, 0.2) is 0 Å². The summed E-state index contributed by atoms with van der Waals surface area (Å²) in [6.07, 6.45) is 2.17. The Morgan fingerprint density at radius 3 is 2.62 bits per heavy atom. The molecule has 6 nitrogen and oxygen atoms in total. The SMILES string of the molecule is C[C@@H](CNC(=O)c1ccc(CN2C(=O)CCn3nccc32)cc1)c1ccccc1. The third kappa shape index (κ3) is 4.21. The second kappa shape index (κ2) is 8.31. The molecule has 1 aromatic heterocycles. The highest BCUT2D eigenvalue weighted by Crippen LogP contribution is 2.23. The Balaban J connectivity index is 1.37. The Morgan fingerprint density at radius 2 is 1.86 bits per heavy atom. The molecule has 2 aromatic carbocycles. The molecule has 0 bridgehead atoms. The van der Waals surface area contributed by atoms with Crippen LogP contribution < -0.4 is 10.2 Å². The van der Waals surface area contributed by atoms with Crippen LogP contribution in [-0.4, -0.2) is 28.1 Å². The lowest BCUT2D eigenvalue weighted by Gasteiger charge is -2.27. The molecule has 0 spiro atoms. The van der Waals surface area contributed by atoms with Crippen molar-refractivity contribution in [3.63, 3.8) is 0 Å². The van der Waals surface area contributed by atoms with Crippen molar-refractivity contribution in [2.45, 2.75) is 32.4 Å². The number of aromatic nitrogens is 2. The number of amides is 2. The van der Waals surface area contributed by atoms with Gasteiger partial charge >= 0.3 is 0 Å². The zero-order valence-corrected chi connectivity index (χ0v) is 16.4. The van der Waals surface area contributed by atoms with Crippen molar-refractivity contribution in [1.82, 2.24) is 15.1 Å². The molecule has 2 amide bonds. The summed E-state index contributed by atoms with van der Waals surface area (Å²) in [5.41, 5.74) is 2.79. The summed E-state index contributed by atoms with van der Waals surface area (Å²) in [7, 11) is 0. The van der Waals surface area contributed by atoms with Gasteiger partial charge in [0.25, 0.3) is 5.91 Å². The quantitative estimate of drug-likeness (QED) is 0.704. The van der Waals surface area contributed by atoms with E-state index in [0.717, 1.165) is 11.4 Å². The summed E-state index contributed by atoms with van der Waals surface area (Å²) in [4.78, 5) is 26.5. The van der Waals surface area contributed by atoms with Crippen LogP contribution >= 0.6 is 0 Å². The minimum absolute atomic E-state index is 0.0912. The van der Waals surface area contributed by atoms with Crippen molar-refractivity contribution >= 4 is 17.6 Å². The van der Waals surface area contributed by atoms with E-state index in [4.69, 9.17) is 0 Å². The van der Waals surface area contributed by atoms with Crippen LogP contribution in [0.3, 0.4) is 0 Å². The first kappa shape index (κ1) is 18.9. The highest BCUT2D eigenvalue weighted by atomic mass is 16.2. The van der Waals surface area contributed by atoms with Crippen LogP contribution in [-0.2, 0) is 17.9 Å². The maximum Gasteiger partial charge on any atom is 0.251 e. The third-order valence-corrected chi connectivity index (χ3v) is 5.30. The number of hydrogen-bond donors (Lipinski definition) is 1. The molecule has 1 N–H and O–H groups in total. The number of benzene rings is 2. The van der Waals surface area contributed by atoms with Crippen LogP contribution in [0.1, 0.15) is 40.7 Å². The number of rotatable bonds is 6. The number of nitrogens with one attached hydrogen (secondary N) is 1. The molecule has 1 aliphatic rings. The predicted molar refractivity (Wildman–Crippen MR) is 112 cm³/mol. The number of nitrogens with zero attached hydrogens (tertiary/aromatic N) is 3. The first-order chi connectivity index (χ1) is 14.1. The molecular formula is C23H24N4O2. The van der Waals surface area contributed by atoms with Crippen LogP contribution in [0.4, 0.5) is 5.82 Å². The number of aryl methyl sites for hydroxylation is 1. The van der Waals surface area contributed by atoms with Crippen LogP contribution in [0.2, 0.25) is 0 Å². The van der Waals surface area contributed by atoms with Gasteiger partial charge in [0.2, 0.25) is 5.91 Å². The Morgan fingerprint density at radius 1 is 1.10 bits per heavy atom. The maximum absolute atomic E-state index is 12.5. The molecule has 0 unspecified atom stereocenters. The minimum atomic E-state index is -0.0912. The number of carbonyl (C=O) groups is 2. The number of anilines is 1. The third-order valence-electron chi connectivity index (χ3n) is 5.30. The highest BCUT2D eigenvalue weighted by molar-refractivity contribution is 5.95. The average Bonchev–Trinajstić information content (AvgIpc) is 3.24. The topological polar surface area (TPSA) is 67.2 Å². The fraction of sp³-hybridized carbons (Fsp3) is 0.261. The molecule has 29 heavy (non-hydrogen) atoms. The molecule has 148 valence electrons. The molecule has 0 aliphatic carbocycles. The van der Waals surface area contributed by atoms with Crippen molar-refractivity contribution in [3.05, 3.63) is 83.6 Å². The number of hydrogen-bond acceptors (Lipinski definition) is 3. The Kier molecular flexibility index (Phi) is 5.42. The molecule has 4 rings (SSSR count). The van der Waals surface area contributed by atoms with E-state index in [9.17, 15) is 9.59 Å². The first-order valence-electron chi connectivity index (χ1n) is 9.86. The van der Waals surface area contributed by atoms with Gasteiger partial charge in [-0.1, -0.05) is 49.4 Å². The largest absolute Gasteiger partial charge is 0.351 e. The molecule has 2 heterocycles. The second-order valence-electron chi connectivity index (χ2n) is 7.36. The fourth-order valence-electron chi connectivity index (χ4n) is 3.55. The number of carbonyl (C=O) groups excluding carboxylic acids is 2. The highest BCUT2D eigenvalue weighted by Gasteiger charge is 2.24. The van der Waals surface area contributed by atoms with Gasteiger partial charge in [-0.25, -0.2) is 4.68 Å². The van der Waals surface area contributed by atoms with Gasteiger partial charge in [-0.3, -0.25) is 14.5 Å². The van der Waals surface area contributed by atoms with E-state index >= 15 is 0 Å². The van der Waals surface area contributed by atoms with Gasteiger partial charge in [0, 0.05) is 24.6 Å². The van der Waals surface area contributed by atoms with E-state index in [-0.39, 0.29) is 17.7 Å². The lowest BCUT2D eigenvalue weighted by Crippen LogP contribution is -2.36. The van der Waals surface area contributed by atoms with E-state index in [1.165, 1.54) is 5.56 Å². The van der Waals surface area contributed by atoms with Crippen LogP contribution in [0.5, 0.6) is 0 Å². The average molecular weight is 388 g/mol. The van der Waals surface area contributed by atoms with Gasteiger partial charge in [0.1, 0.15) is 5.82 Å². The van der Waals surface area contributed by atoms with E-state index in [1.54, 1.807) is 11.1 Å². The lowest BCUT2D eigenvalue weighted by atomic mass is 10.0. The molecule has 0 radical (unpaired) electrons. The molecule has 1 aliphatic heterocycles. The molecule has 3 aromatic rings. The maximum atomic E-state index is 12.5. The van der Waals surface area contributed by atoms with Crippen molar-refractivity contribution in [1.29, 1.82) is 0 Å². The van der Waals surface area contributed by atoms with Crippen LogP contribution in [0, 0.1) is 0 Å². The zero-order valence-electron chi connectivity index (χ0n) is 16.4. The summed E-state index contributed by atoms with van der Waals surface area (Å²) in [5, 5.41) is 7.25. The molecule has 1 atom stereocenters. The summed E-state index contributed by atoms with van der Waals surface area (Å²) in [6, 6.07) is 19.4. The van der Waals surface area contributed by atoms with Crippen LogP contribution in [0.15, 0.2) is 66.9 Å². The number of fused-ring (bicyclic) bond motifs is 1. The van der Waals surface area contributed by atoms with Gasteiger partial charge in [-0.15, -0.1) is 0 Å². The molecule has 6 heteroatoms. The van der Waals surface area contributed by atoms with Gasteiger partial charge in [0.05, 0.1) is 19.3 Å². The monoisotopic (exact) mass is 388 g/mol.